The molecular weight excluding hydrogens is 705 g/mol. The number of aromatic amines is 1. The molecule has 5 atom stereocenters. The summed E-state index contributed by atoms with van der Waals surface area (Å²) in [7, 11) is -10.4. The van der Waals surface area contributed by atoms with Gasteiger partial charge in [-0.3, -0.25) is 32.8 Å². The number of anilines is 1. The van der Waals surface area contributed by atoms with E-state index in [4.69, 9.17) is 38.0 Å². The lowest BCUT2D eigenvalue weighted by molar-refractivity contribution is -0.168. The standard InChI is InChI=1S/C27H24F3N5O12P2/c28-27(29,30)11-41-21-19-10-43-48(37,38)46-17-8-16(15-7-3-5-13-4-1-2-6-14(13)15)44-18(17)9-42-49(39,40)47-22(21)25(45-19)35-12-32-20-23(35)33-26(31)34-24(20)36/h1-7,12,16,22,25H,8-11H2,(H,37,38)(H,39,40)(H3,31,33,34,36)/t16-,22?,25-/m1/s1. The molecule has 0 radical (unpaired) electrons. The van der Waals surface area contributed by atoms with Gasteiger partial charge in [0.05, 0.1) is 6.42 Å². The maximum Gasteiger partial charge on any atom is 0.527 e. The summed E-state index contributed by atoms with van der Waals surface area (Å²) in [6.45, 7) is -3.87. The van der Waals surface area contributed by atoms with E-state index in [2.05, 4.69) is 15.0 Å². The number of nitrogens with zero attached hydrogens (tertiary/aromatic N) is 3. The summed E-state index contributed by atoms with van der Waals surface area (Å²) in [5, 5.41) is 1.67. The zero-order valence-electron chi connectivity index (χ0n) is 24.6. The molecule has 22 heteroatoms. The van der Waals surface area contributed by atoms with Gasteiger partial charge >= 0.3 is 21.8 Å². The molecule has 2 bridgehead atoms. The van der Waals surface area contributed by atoms with Crippen LogP contribution in [-0.4, -0.2) is 61.4 Å². The lowest BCUT2D eigenvalue weighted by atomic mass is 9.99. The number of rotatable bonds is 4. The summed E-state index contributed by atoms with van der Waals surface area (Å²) in [5.74, 6) is -2.41. The number of ether oxygens (including phenoxy) is 3. The van der Waals surface area contributed by atoms with Crippen molar-refractivity contribution in [1.82, 2.24) is 19.5 Å². The molecule has 2 aromatic carbocycles. The van der Waals surface area contributed by atoms with Crippen molar-refractivity contribution in [2.75, 3.05) is 25.6 Å². The van der Waals surface area contributed by atoms with E-state index in [0.29, 0.717) is 5.56 Å². The third kappa shape index (κ3) is 6.76. The molecule has 5 heterocycles. The van der Waals surface area contributed by atoms with E-state index in [1.807, 2.05) is 30.3 Å². The molecule has 7 rings (SSSR count). The Labute approximate surface area is 271 Å². The van der Waals surface area contributed by atoms with Crippen LogP contribution < -0.4 is 11.3 Å². The topological polar surface area (TPSA) is 229 Å². The van der Waals surface area contributed by atoms with Crippen molar-refractivity contribution in [3.63, 3.8) is 0 Å². The Balaban J connectivity index is 1.25. The van der Waals surface area contributed by atoms with Crippen molar-refractivity contribution in [1.29, 1.82) is 0 Å². The van der Waals surface area contributed by atoms with E-state index in [1.54, 1.807) is 12.1 Å². The van der Waals surface area contributed by atoms with Gasteiger partial charge in [-0.25, -0.2) is 14.1 Å². The highest BCUT2D eigenvalue weighted by molar-refractivity contribution is 7.47. The number of fused-ring (bicyclic) bond motifs is 3. The van der Waals surface area contributed by atoms with Crippen molar-refractivity contribution < 1.29 is 64.4 Å². The number of nitrogens with one attached hydrogen (secondary N) is 1. The average Bonchev–Trinajstić information content (AvgIpc) is 3.72. The third-order valence-electron chi connectivity index (χ3n) is 7.50. The minimum Gasteiger partial charge on any atom is -0.484 e. The van der Waals surface area contributed by atoms with Crippen molar-refractivity contribution in [3.05, 3.63) is 87.7 Å². The highest BCUT2D eigenvalue weighted by Crippen LogP contribution is 2.55. The normalized spacial score (nSPS) is 27.9. The van der Waals surface area contributed by atoms with Gasteiger partial charge in [-0.1, -0.05) is 42.5 Å². The van der Waals surface area contributed by atoms with Crippen molar-refractivity contribution in [2.45, 2.75) is 31.0 Å². The minimum atomic E-state index is -5.30. The molecule has 0 saturated carbocycles. The first-order valence-electron chi connectivity index (χ1n) is 14.2. The maximum absolute atomic E-state index is 13.4. The Bertz CT molecular complexity index is 2180. The number of imidazole rings is 1. The van der Waals surface area contributed by atoms with Gasteiger partial charge in [0.1, 0.15) is 25.6 Å². The number of nitrogen functional groups attached to an aromatic ring is 1. The number of nitrogens with two attached hydrogens (primary N) is 1. The van der Waals surface area contributed by atoms with Gasteiger partial charge in [0, 0.05) is 5.56 Å². The van der Waals surface area contributed by atoms with Crippen molar-refractivity contribution in [2.24, 2.45) is 0 Å². The molecule has 3 unspecified atom stereocenters. The highest BCUT2D eigenvalue weighted by atomic mass is 31.2. The molecule has 3 aliphatic rings. The van der Waals surface area contributed by atoms with Crippen molar-refractivity contribution >= 4 is 43.5 Å². The number of benzene rings is 2. The Morgan fingerprint density at radius 2 is 1.76 bits per heavy atom. The first-order valence-corrected chi connectivity index (χ1v) is 17.2. The number of hydrogen-bond acceptors (Lipinski definition) is 13. The van der Waals surface area contributed by atoms with E-state index >= 15 is 0 Å². The smallest absolute Gasteiger partial charge is 0.484 e. The van der Waals surface area contributed by atoms with Crippen LogP contribution >= 0.6 is 15.6 Å². The predicted molar refractivity (Wildman–Crippen MR) is 159 cm³/mol. The van der Waals surface area contributed by atoms with Gasteiger partial charge in [0.2, 0.25) is 12.2 Å². The quantitative estimate of drug-likeness (QED) is 0.216. The second kappa shape index (κ2) is 12.2. The van der Waals surface area contributed by atoms with Gasteiger partial charge in [0.15, 0.2) is 46.9 Å². The molecule has 5 N–H and O–H groups in total. The average molecular weight is 729 g/mol. The van der Waals surface area contributed by atoms with E-state index in [0.717, 1.165) is 21.7 Å². The molecular formula is C27H24F3N5O12P2. The molecule has 2 aromatic heterocycles. The predicted octanol–water partition coefficient (Wildman–Crippen LogP) is 4.20. The zero-order chi connectivity index (χ0) is 34.7. The van der Waals surface area contributed by atoms with Gasteiger partial charge in [-0.2, -0.15) is 18.2 Å². The van der Waals surface area contributed by atoms with Crippen molar-refractivity contribution in [3.8, 4) is 0 Å². The number of halogens is 3. The van der Waals surface area contributed by atoms with Crippen LogP contribution in [0.3, 0.4) is 0 Å². The van der Waals surface area contributed by atoms with E-state index in [-0.39, 0.29) is 35.1 Å². The fourth-order valence-corrected chi connectivity index (χ4v) is 7.12. The van der Waals surface area contributed by atoms with Gasteiger partial charge in [-0.05, 0) is 10.8 Å². The number of phosphoric acid groups is 2. The zero-order valence-corrected chi connectivity index (χ0v) is 26.4. The lowest BCUT2D eigenvalue weighted by Gasteiger charge is -2.24. The number of aromatic nitrogens is 4. The van der Waals surface area contributed by atoms with Gasteiger partial charge in [-0.15, -0.1) is 0 Å². The lowest BCUT2D eigenvalue weighted by Crippen LogP contribution is -2.28. The summed E-state index contributed by atoms with van der Waals surface area (Å²) in [6.07, 6.45) is -8.69. The fraction of sp³-hybridized carbons (Fsp3) is 0.296. The summed E-state index contributed by atoms with van der Waals surface area (Å²) in [5.41, 5.74) is 4.98. The fourth-order valence-electron chi connectivity index (χ4n) is 5.50. The Hall–Kier alpha value is -4.42. The van der Waals surface area contributed by atoms with Crippen LogP contribution in [0, 0.1) is 0 Å². The SMILES string of the molecule is Nc1nc2c(ncn2[C@@H]2OC3=C(OCC(F)(F)F)C2OP(=O)(O)OCC2=C(C[C@H](c4cccc5ccccc45)O2)OP(=O)(O)OC3)c(=O)[nH]1. The second-order valence-electron chi connectivity index (χ2n) is 10.8. The second-order valence-corrected chi connectivity index (χ2v) is 13.6. The van der Waals surface area contributed by atoms with E-state index in [9.17, 15) is 36.9 Å². The Kier molecular flexibility index (Phi) is 8.22. The maximum atomic E-state index is 13.4. The van der Waals surface area contributed by atoms with Crippen LogP contribution in [0.25, 0.3) is 21.9 Å². The van der Waals surface area contributed by atoms with Crippen LogP contribution in [0.5, 0.6) is 0 Å². The number of H-pyrrole nitrogens is 1. The van der Waals surface area contributed by atoms with Crippen LogP contribution in [0.1, 0.15) is 24.3 Å². The molecule has 260 valence electrons. The molecule has 0 amide bonds. The molecule has 17 nitrogen and oxygen atoms in total. The molecule has 3 aliphatic heterocycles. The van der Waals surface area contributed by atoms with Crippen LogP contribution in [-0.2, 0) is 41.4 Å². The molecule has 0 spiro atoms. The van der Waals surface area contributed by atoms with E-state index < -0.39 is 77.2 Å². The molecule has 49 heavy (non-hydrogen) atoms. The Morgan fingerprint density at radius 3 is 2.55 bits per heavy atom. The molecule has 0 saturated heterocycles. The minimum absolute atomic E-state index is 0.135. The number of alkyl halides is 3. The van der Waals surface area contributed by atoms with Gasteiger partial charge < -0.3 is 29.4 Å². The first-order chi connectivity index (χ1) is 23.2. The Morgan fingerprint density at radius 1 is 1.02 bits per heavy atom. The molecule has 0 aliphatic carbocycles. The van der Waals surface area contributed by atoms with E-state index in [1.165, 1.54) is 0 Å². The summed E-state index contributed by atoms with van der Waals surface area (Å²) in [4.78, 5) is 44.0. The summed E-state index contributed by atoms with van der Waals surface area (Å²) in [6, 6.07) is 12.8. The van der Waals surface area contributed by atoms with Gasteiger partial charge in [0.25, 0.3) is 5.56 Å². The van der Waals surface area contributed by atoms with Crippen LogP contribution in [0.2, 0.25) is 0 Å². The summed E-state index contributed by atoms with van der Waals surface area (Å²) >= 11 is 0. The summed E-state index contributed by atoms with van der Waals surface area (Å²) < 4.78 is 105. The largest absolute Gasteiger partial charge is 0.527 e. The molecule has 4 aromatic rings. The van der Waals surface area contributed by atoms with Crippen LogP contribution in [0.4, 0.5) is 19.1 Å². The highest BCUT2D eigenvalue weighted by Gasteiger charge is 2.48. The number of hydrogen-bond donors (Lipinski definition) is 4. The van der Waals surface area contributed by atoms with Crippen LogP contribution in [0.15, 0.2) is 76.6 Å². The first kappa shape index (κ1) is 33.1. The molecule has 0 fully saturated rings. The number of phosphoric ester groups is 2. The monoisotopic (exact) mass is 729 g/mol. The third-order valence-corrected chi connectivity index (χ3v) is 9.35.